The van der Waals surface area contributed by atoms with E-state index in [1.165, 1.54) is 11.3 Å². The number of nitrogens with zero attached hydrogens (tertiary/aromatic N) is 5. The van der Waals surface area contributed by atoms with Gasteiger partial charge in [0, 0.05) is 38.3 Å². The molecule has 3 aromatic rings. The Morgan fingerprint density at radius 2 is 1.78 bits per heavy atom. The number of hydrogen-bond donors (Lipinski definition) is 0. The summed E-state index contributed by atoms with van der Waals surface area (Å²) in [4.78, 5) is 32.4. The summed E-state index contributed by atoms with van der Waals surface area (Å²) in [5, 5.41) is 10.7. The summed E-state index contributed by atoms with van der Waals surface area (Å²) in [6.07, 6.45) is 0.864. The first-order valence-electron chi connectivity index (χ1n) is 12.3. The highest BCUT2D eigenvalue weighted by molar-refractivity contribution is 7.12. The van der Waals surface area contributed by atoms with Crippen LogP contribution in [-0.2, 0) is 4.79 Å². The Labute approximate surface area is 216 Å². The van der Waals surface area contributed by atoms with Crippen LogP contribution in [0.5, 0.6) is 5.75 Å². The number of piperazine rings is 1. The molecule has 0 bridgehead atoms. The largest absolute Gasteiger partial charge is 0.497 e. The maximum atomic E-state index is 13.1. The van der Waals surface area contributed by atoms with Gasteiger partial charge in [0.2, 0.25) is 5.91 Å². The van der Waals surface area contributed by atoms with Crippen LogP contribution in [-0.4, -0.2) is 78.2 Å². The molecule has 0 radical (unpaired) electrons. The van der Waals surface area contributed by atoms with Crippen molar-refractivity contribution in [2.75, 3.05) is 51.3 Å². The molecule has 0 aliphatic carbocycles. The van der Waals surface area contributed by atoms with Gasteiger partial charge in [0.1, 0.15) is 12.3 Å². The molecule has 9 heteroatoms. The second-order valence-electron chi connectivity index (χ2n) is 9.26. The monoisotopic (exact) mass is 507 g/mol. The van der Waals surface area contributed by atoms with E-state index in [0.29, 0.717) is 43.5 Å². The van der Waals surface area contributed by atoms with Crippen LogP contribution in [0, 0.1) is 5.92 Å². The normalized spacial score (nSPS) is 13.7. The number of benzene rings is 1. The van der Waals surface area contributed by atoms with E-state index in [1.807, 2.05) is 58.8 Å². The molecular weight excluding hydrogens is 474 g/mol. The third-order valence-electron chi connectivity index (χ3n) is 6.31. The van der Waals surface area contributed by atoms with Crippen LogP contribution in [0.3, 0.4) is 0 Å². The molecule has 190 valence electrons. The average Bonchev–Trinajstić information content (AvgIpc) is 3.46. The lowest BCUT2D eigenvalue weighted by Crippen LogP contribution is -2.52. The van der Waals surface area contributed by atoms with E-state index >= 15 is 0 Å². The lowest BCUT2D eigenvalue weighted by atomic mass is 10.1. The molecule has 0 saturated carbocycles. The van der Waals surface area contributed by atoms with Gasteiger partial charge in [-0.3, -0.25) is 9.59 Å². The summed E-state index contributed by atoms with van der Waals surface area (Å²) in [5.74, 6) is 1.98. The zero-order valence-electron chi connectivity index (χ0n) is 21.1. The van der Waals surface area contributed by atoms with Crippen LogP contribution in [0.2, 0.25) is 0 Å². The number of thiophene rings is 1. The number of aromatic nitrogens is 2. The first-order valence-corrected chi connectivity index (χ1v) is 13.2. The minimum Gasteiger partial charge on any atom is -0.497 e. The van der Waals surface area contributed by atoms with Crippen LogP contribution >= 0.6 is 11.3 Å². The maximum absolute atomic E-state index is 13.1. The molecule has 0 atom stereocenters. The summed E-state index contributed by atoms with van der Waals surface area (Å²) < 4.78 is 5.21. The Balaban J connectivity index is 1.33. The Hall–Kier alpha value is -3.46. The predicted octanol–water partition coefficient (Wildman–Crippen LogP) is 4.05. The molecule has 0 unspecified atom stereocenters. The van der Waals surface area contributed by atoms with E-state index in [9.17, 15) is 9.59 Å². The SMILES string of the molecule is COc1ccc(-c2ccc(N3CCN(C(=O)CN(CCC(C)C)C(=O)c4cccs4)CC3)nn2)cc1. The lowest BCUT2D eigenvalue weighted by molar-refractivity contribution is -0.132. The van der Waals surface area contributed by atoms with E-state index in [1.54, 1.807) is 12.0 Å². The highest BCUT2D eigenvalue weighted by Crippen LogP contribution is 2.22. The van der Waals surface area contributed by atoms with Gasteiger partial charge in [-0.1, -0.05) is 19.9 Å². The van der Waals surface area contributed by atoms with E-state index in [0.717, 1.165) is 29.2 Å². The summed E-state index contributed by atoms with van der Waals surface area (Å²) in [5.41, 5.74) is 1.77. The fraction of sp³-hybridized carbons (Fsp3) is 0.407. The number of rotatable bonds is 9. The topological polar surface area (TPSA) is 78.9 Å². The number of ether oxygens (including phenoxy) is 1. The van der Waals surface area contributed by atoms with Crippen LogP contribution in [0.15, 0.2) is 53.9 Å². The lowest BCUT2D eigenvalue weighted by Gasteiger charge is -2.36. The van der Waals surface area contributed by atoms with Gasteiger partial charge in [-0.15, -0.1) is 21.5 Å². The highest BCUT2D eigenvalue weighted by Gasteiger charge is 2.26. The summed E-state index contributed by atoms with van der Waals surface area (Å²) in [6.45, 7) is 7.47. The van der Waals surface area contributed by atoms with Gasteiger partial charge in [0.25, 0.3) is 5.91 Å². The standard InChI is InChI=1S/C27H33N5O3S/c1-20(2)12-13-32(27(34)24-5-4-18-36-24)19-26(33)31-16-14-30(15-17-31)25-11-10-23(28-29-25)21-6-8-22(35-3)9-7-21/h4-11,18,20H,12-17,19H2,1-3H3. The van der Waals surface area contributed by atoms with Crippen LogP contribution in [0.25, 0.3) is 11.3 Å². The van der Waals surface area contributed by atoms with E-state index < -0.39 is 0 Å². The third-order valence-corrected chi connectivity index (χ3v) is 7.17. The Morgan fingerprint density at radius 3 is 2.36 bits per heavy atom. The first-order chi connectivity index (χ1) is 17.4. The van der Waals surface area contributed by atoms with Crippen LogP contribution in [0.1, 0.15) is 29.9 Å². The second kappa shape index (κ2) is 12.0. The Bertz CT molecular complexity index is 1130. The number of carbonyl (C=O) groups excluding carboxylic acids is 2. The molecule has 2 aromatic heterocycles. The van der Waals surface area contributed by atoms with Crippen molar-refractivity contribution in [3.63, 3.8) is 0 Å². The van der Waals surface area contributed by atoms with Gasteiger partial charge in [0.05, 0.1) is 17.7 Å². The molecule has 1 aliphatic rings. The maximum Gasteiger partial charge on any atom is 0.264 e. The van der Waals surface area contributed by atoms with Crippen molar-refractivity contribution in [2.24, 2.45) is 5.92 Å². The van der Waals surface area contributed by atoms with Crippen molar-refractivity contribution in [3.05, 3.63) is 58.8 Å². The Morgan fingerprint density at radius 1 is 1.03 bits per heavy atom. The highest BCUT2D eigenvalue weighted by atomic mass is 32.1. The first kappa shape index (κ1) is 25.6. The van der Waals surface area contributed by atoms with Crippen LogP contribution in [0.4, 0.5) is 5.82 Å². The van der Waals surface area contributed by atoms with Gasteiger partial charge < -0.3 is 19.4 Å². The number of hydrogen-bond acceptors (Lipinski definition) is 7. The summed E-state index contributed by atoms with van der Waals surface area (Å²) in [7, 11) is 1.64. The molecule has 36 heavy (non-hydrogen) atoms. The van der Waals surface area contributed by atoms with Crippen molar-refractivity contribution in [3.8, 4) is 17.0 Å². The third kappa shape index (κ3) is 6.40. The van der Waals surface area contributed by atoms with Gasteiger partial charge in [-0.2, -0.15) is 0 Å². The second-order valence-corrected chi connectivity index (χ2v) is 10.2. The van der Waals surface area contributed by atoms with Crippen molar-refractivity contribution in [2.45, 2.75) is 20.3 Å². The molecule has 0 spiro atoms. The molecule has 1 aromatic carbocycles. The van der Waals surface area contributed by atoms with Gasteiger partial charge >= 0.3 is 0 Å². The number of amides is 2. The van der Waals surface area contributed by atoms with Crippen molar-refractivity contribution in [1.29, 1.82) is 0 Å². The molecule has 1 fully saturated rings. The molecule has 4 rings (SSSR count). The quantitative estimate of drug-likeness (QED) is 0.435. The number of carbonyl (C=O) groups is 2. The van der Waals surface area contributed by atoms with E-state index in [4.69, 9.17) is 4.74 Å². The van der Waals surface area contributed by atoms with E-state index in [2.05, 4.69) is 28.9 Å². The predicted molar refractivity (Wildman–Crippen MR) is 142 cm³/mol. The molecule has 2 amide bonds. The van der Waals surface area contributed by atoms with Crippen molar-refractivity contribution in [1.82, 2.24) is 20.0 Å². The van der Waals surface area contributed by atoms with Gasteiger partial charge in [-0.05, 0) is 60.2 Å². The summed E-state index contributed by atoms with van der Waals surface area (Å²) >= 11 is 1.41. The molecule has 8 nitrogen and oxygen atoms in total. The minimum atomic E-state index is -0.0649. The molecule has 0 N–H and O–H groups in total. The molecule has 3 heterocycles. The van der Waals surface area contributed by atoms with E-state index in [-0.39, 0.29) is 18.4 Å². The van der Waals surface area contributed by atoms with Gasteiger partial charge in [0.15, 0.2) is 5.82 Å². The zero-order chi connectivity index (χ0) is 25.5. The Kier molecular flexibility index (Phi) is 8.53. The zero-order valence-corrected chi connectivity index (χ0v) is 21.9. The molecule has 1 saturated heterocycles. The summed E-state index contributed by atoms with van der Waals surface area (Å²) in [6, 6.07) is 15.3. The smallest absolute Gasteiger partial charge is 0.264 e. The minimum absolute atomic E-state index is 0.00995. The average molecular weight is 508 g/mol. The fourth-order valence-corrected chi connectivity index (χ4v) is 4.77. The fourth-order valence-electron chi connectivity index (χ4n) is 4.08. The van der Waals surface area contributed by atoms with Crippen LogP contribution < -0.4 is 9.64 Å². The van der Waals surface area contributed by atoms with Crippen molar-refractivity contribution >= 4 is 29.0 Å². The van der Waals surface area contributed by atoms with Gasteiger partial charge in [-0.25, -0.2) is 0 Å². The van der Waals surface area contributed by atoms with Crippen molar-refractivity contribution < 1.29 is 14.3 Å². The molecular formula is C27H33N5O3S. The number of methoxy groups -OCH3 is 1. The molecule has 1 aliphatic heterocycles. The number of anilines is 1.